The van der Waals surface area contributed by atoms with Crippen LogP contribution in [0, 0.1) is 5.92 Å². The SMILES string of the molecule is C=CS(=O)(=O)CC1CN(C(=O)OC(C)(C)C)C1. The lowest BCUT2D eigenvalue weighted by atomic mass is 10.0. The van der Waals surface area contributed by atoms with Crippen molar-refractivity contribution in [1.29, 1.82) is 0 Å². The number of nitrogens with zero attached hydrogens (tertiary/aromatic N) is 1. The molecule has 0 N–H and O–H groups in total. The lowest BCUT2D eigenvalue weighted by molar-refractivity contribution is 0.00194. The van der Waals surface area contributed by atoms with Crippen LogP contribution in [0.3, 0.4) is 0 Å². The highest BCUT2D eigenvalue weighted by Gasteiger charge is 2.35. The summed E-state index contributed by atoms with van der Waals surface area (Å²) in [5.41, 5.74) is -0.518. The molecule has 0 atom stereocenters. The number of carbonyl (C=O) groups excluding carboxylic acids is 1. The zero-order valence-corrected chi connectivity index (χ0v) is 11.3. The zero-order valence-electron chi connectivity index (χ0n) is 10.5. The Bertz CT molecular complexity index is 402. The third-order valence-electron chi connectivity index (χ3n) is 2.33. The Labute approximate surface area is 102 Å². The smallest absolute Gasteiger partial charge is 0.410 e. The Morgan fingerprint density at radius 1 is 1.47 bits per heavy atom. The summed E-state index contributed by atoms with van der Waals surface area (Å²) in [6, 6.07) is 0. The lowest BCUT2D eigenvalue weighted by Gasteiger charge is -2.39. The van der Waals surface area contributed by atoms with Crippen molar-refractivity contribution >= 4 is 15.9 Å². The molecule has 1 fully saturated rings. The van der Waals surface area contributed by atoms with Gasteiger partial charge in [0.1, 0.15) is 5.60 Å². The molecule has 6 heteroatoms. The summed E-state index contributed by atoms with van der Waals surface area (Å²) in [5, 5.41) is 0.961. The number of carbonyl (C=O) groups is 1. The van der Waals surface area contributed by atoms with Gasteiger partial charge in [0, 0.05) is 24.4 Å². The van der Waals surface area contributed by atoms with Crippen LogP contribution in [0.5, 0.6) is 0 Å². The molecule has 0 aromatic heterocycles. The van der Waals surface area contributed by atoms with Crippen molar-refractivity contribution in [3.05, 3.63) is 12.0 Å². The molecule has 0 aliphatic carbocycles. The number of sulfone groups is 1. The molecule has 1 saturated heterocycles. The van der Waals surface area contributed by atoms with Gasteiger partial charge in [0.15, 0.2) is 9.84 Å². The Kier molecular flexibility index (Phi) is 3.86. The van der Waals surface area contributed by atoms with Crippen molar-refractivity contribution in [2.45, 2.75) is 26.4 Å². The van der Waals surface area contributed by atoms with E-state index in [0.29, 0.717) is 13.1 Å². The number of rotatable bonds is 3. The highest BCUT2D eigenvalue weighted by Crippen LogP contribution is 2.21. The Hall–Kier alpha value is -1.04. The van der Waals surface area contributed by atoms with E-state index in [1.54, 1.807) is 20.8 Å². The van der Waals surface area contributed by atoms with Crippen LogP contribution < -0.4 is 0 Å². The van der Waals surface area contributed by atoms with E-state index >= 15 is 0 Å². The maximum absolute atomic E-state index is 11.6. The monoisotopic (exact) mass is 261 g/mol. The van der Waals surface area contributed by atoms with Gasteiger partial charge in [0.2, 0.25) is 0 Å². The van der Waals surface area contributed by atoms with Gasteiger partial charge in [-0.3, -0.25) is 0 Å². The van der Waals surface area contributed by atoms with Crippen LogP contribution in [0.15, 0.2) is 12.0 Å². The van der Waals surface area contributed by atoms with Crippen LogP contribution >= 0.6 is 0 Å². The van der Waals surface area contributed by atoms with Crippen molar-refractivity contribution in [2.75, 3.05) is 18.8 Å². The van der Waals surface area contributed by atoms with Gasteiger partial charge >= 0.3 is 6.09 Å². The largest absolute Gasteiger partial charge is 0.444 e. The van der Waals surface area contributed by atoms with E-state index in [0.717, 1.165) is 5.41 Å². The van der Waals surface area contributed by atoms with Gasteiger partial charge in [0.05, 0.1) is 5.75 Å². The molecule has 1 rings (SSSR count). The van der Waals surface area contributed by atoms with Crippen molar-refractivity contribution in [3.63, 3.8) is 0 Å². The minimum atomic E-state index is -3.18. The summed E-state index contributed by atoms with van der Waals surface area (Å²) in [7, 11) is -3.18. The van der Waals surface area contributed by atoms with E-state index in [-0.39, 0.29) is 17.8 Å². The molecule has 5 nitrogen and oxygen atoms in total. The molecule has 1 amide bonds. The van der Waals surface area contributed by atoms with Crippen molar-refractivity contribution in [1.82, 2.24) is 4.90 Å². The van der Waals surface area contributed by atoms with Crippen LogP contribution in [0.2, 0.25) is 0 Å². The van der Waals surface area contributed by atoms with Gasteiger partial charge in [-0.1, -0.05) is 6.58 Å². The first-order valence-corrected chi connectivity index (χ1v) is 7.17. The molecular weight excluding hydrogens is 242 g/mol. The molecule has 0 spiro atoms. The van der Waals surface area contributed by atoms with Gasteiger partial charge < -0.3 is 9.64 Å². The lowest BCUT2D eigenvalue weighted by Crippen LogP contribution is -2.53. The molecule has 0 bridgehead atoms. The van der Waals surface area contributed by atoms with Gasteiger partial charge in [0.25, 0.3) is 0 Å². The first-order valence-electron chi connectivity index (χ1n) is 5.46. The van der Waals surface area contributed by atoms with E-state index < -0.39 is 15.4 Å². The summed E-state index contributed by atoms with van der Waals surface area (Å²) < 4.78 is 27.7. The highest BCUT2D eigenvalue weighted by atomic mass is 32.2. The normalized spacial score (nSPS) is 17.5. The summed E-state index contributed by atoms with van der Waals surface area (Å²) in [4.78, 5) is 13.1. The summed E-state index contributed by atoms with van der Waals surface area (Å²) in [5.74, 6) is 0.0426. The number of amides is 1. The molecule has 0 aromatic carbocycles. The molecular formula is C11H19NO4S. The van der Waals surface area contributed by atoms with Crippen LogP contribution in [-0.2, 0) is 14.6 Å². The molecule has 1 aliphatic heterocycles. The summed E-state index contributed by atoms with van der Waals surface area (Å²) >= 11 is 0. The summed E-state index contributed by atoms with van der Waals surface area (Å²) in [6.45, 7) is 9.51. The van der Waals surface area contributed by atoms with E-state index in [1.165, 1.54) is 4.90 Å². The van der Waals surface area contributed by atoms with E-state index in [9.17, 15) is 13.2 Å². The molecule has 0 unspecified atom stereocenters. The van der Waals surface area contributed by atoms with Gasteiger partial charge in [-0.05, 0) is 20.8 Å². The van der Waals surface area contributed by atoms with Crippen LogP contribution in [0.25, 0.3) is 0 Å². The van der Waals surface area contributed by atoms with Crippen LogP contribution in [0.4, 0.5) is 4.79 Å². The molecule has 17 heavy (non-hydrogen) atoms. The fraction of sp³-hybridized carbons (Fsp3) is 0.727. The average molecular weight is 261 g/mol. The number of hydrogen-bond acceptors (Lipinski definition) is 4. The first-order chi connectivity index (χ1) is 7.63. The quantitative estimate of drug-likeness (QED) is 0.770. The number of hydrogen-bond donors (Lipinski definition) is 0. The minimum absolute atomic E-state index is 0.00878. The maximum Gasteiger partial charge on any atom is 0.410 e. The number of ether oxygens (including phenoxy) is 1. The molecule has 1 aliphatic rings. The van der Waals surface area contributed by atoms with E-state index in [1.807, 2.05) is 0 Å². The van der Waals surface area contributed by atoms with E-state index in [2.05, 4.69) is 6.58 Å². The van der Waals surface area contributed by atoms with Crippen molar-refractivity contribution in [3.8, 4) is 0 Å². The second kappa shape index (κ2) is 4.68. The maximum atomic E-state index is 11.6. The average Bonchev–Trinajstić information content (AvgIpc) is 2.07. The molecule has 0 radical (unpaired) electrons. The predicted molar refractivity (Wildman–Crippen MR) is 65.3 cm³/mol. The molecule has 1 heterocycles. The molecule has 0 saturated carbocycles. The second-order valence-corrected chi connectivity index (χ2v) is 7.24. The Morgan fingerprint density at radius 2 is 2.00 bits per heavy atom. The second-order valence-electron chi connectivity index (χ2n) is 5.25. The fourth-order valence-electron chi connectivity index (χ4n) is 1.55. The van der Waals surface area contributed by atoms with E-state index in [4.69, 9.17) is 4.74 Å². The van der Waals surface area contributed by atoms with Crippen LogP contribution in [-0.4, -0.2) is 43.9 Å². The minimum Gasteiger partial charge on any atom is -0.444 e. The topological polar surface area (TPSA) is 63.7 Å². The first kappa shape index (κ1) is 14.0. The fourth-order valence-corrected chi connectivity index (χ4v) is 2.55. The molecule has 98 valence electrons. The highest BCUT2D eigenvalue weighted by molar-refractivity contribution is 7.94. The van der Waals surface area contributed by atoms with Gasteiger partial charge in [-0.25, -0.2) is 13.2 Å². The van der Waals surface area contributed by atoms with Crippen LogP contribution in [0.1, 0.15) is 20.8 Å². The Balaban J connectivity index is 2.37. The van der Waals surface area contributed by atoms with Gasteiger partial charge in [-0.15, -0.1) is 0 Å². The summed E-state index contributed by atoms with van der Waals surface area (Å²) in [6.07, 6.45) is -0.384. The van der Waals surface area contributed by atoms with Gasteiger partial charge in [-0.2, -0.15) is 0 Å². The standard InChI is InChI=1S/C11H19NO4S/c1-5-17(14,15)8-9-6-12(7-9)10(13)16-11(2,3)4/h5,9H,1,6-8H2,2-4H3. The third kappa shape index (κ3) is 4.38. The third-order valence-corrected chi connectivity index (χ3v) is 3.77. The number of likely N-dealkylation sites (tertiary alicyclic amines) is 1. The van der Waals surface area contributed by atoms with Crippen molar-refractivity contribution < 1.29 is 17.9 Å². The molecule has 0 aromatic rings. The Morgan fingerprint density at radius 3 is 2.41 bits per heavy atom. The zero-order chi connectivity index (χ0) is 13.3. The predicted octanol–water partition coefficient (Wildman–Crippen LogP) is 1.41. The van der Waals surface area contributed by atoms with Crippen molar-refractivity contribution in [2.24, 2.45) is 5.92 Å².